The number of aromatic amines is 1. The maximum Gasteiger partial charge on any atom is 0.410 e. The maximum atomic E-state index is 13.0. The van der Waals surface area contributed by atoms with Crippen LogP contribution in [-0.4, -0.2) is 56.2 Å². The van der Waals surface area contributed by atoms with Crippen LogP contribution in [0, 0.1) is 0 Å². The molecular weight excluding hydrogens is 574 g/mol. The van der Waals surface area contributed by atoms with Gasteiger partial charge in [0.15, 0.2) is 0 Å². The van der Waals surface area contributed by atoms with E-state index >= 15 is 0 Å². The van der Waals surface area contributed by atoms with Crippen LogP contribution in [-0.2, 0) is 14.8 Å². The number of hydrogen-bond acceptors (Lipinski definition) is 6. The van der Waals surface area contributed by atoms with Crippen molar-refractivity contribution in [3.05, 3.63) is 68.5 Å². The van der Waals surface area contributed by atoms with Gasteiger partial charge in [0, 0.05) is 35.1 Å². The number of rotatable bonds is 9. The largest absolute Gasteiger partial charge is 0.491 e. The minimum absolute atomic E-state index is 0.0224. The number of sulfonamides is 1. The summed E-state index contributed by atoms with van der Waals surface area (Å²) in [5.74, 6) is 0.551. The second-order valence-electron chi connectivity index (χ2n) is 8.81. The number of halogens is 2. The number of pyridine rings is 1. The third-order valence-electron chi connectivity index (χ3n) is 4.90. The standard InChI is InChI=1S/C24H27BrClN3O6S/c1-24(2,3)35-23(31)29(13-14-34-20-8-7-16(26)15-19(20)25)12-11-28-36(32,33)21-6-4-5-18-17(21)9-10-27-22(18)30/h4-10,15,28H,11-14H2,1-3H3,(H,27,30). The zero-order valence-corrected chi connectivity index (χ0v) is 23.2. The van der Waals surface area contributed by atoms with Crippen molar-refractivity contribution >= 4 is 54.4 Å². The summed E-state index contributed by atoms with van der Waals surface area (Å²) in [5.41, 5.74) is -1.11. The molecule has 3 aromatic rings. The number of benzene rings is 2. The van der Waals surface area contributed by atoms with E-state index in [2.05, 4.69) is 25.6 Å². The zero-order valence-electron chi connectivity index (χ0n) is 20.0. The van der Waals surface area contributed by atoms with Gasteiger partial charge in [-0.3, -0.25) is 4.79 Å². The summed E-state index contributed by atoms with van der Waals surface area (Å²) in [6.45, 7) is 5.48. The quantitative estimate of drug-likeness (QED) is 0.372. The minimum Gasteiger partial charge on any atom is -0.491 e. The number of carbonyl (C=O) groups excluding carboxylic acids is 1. The molecule has 0 saturated carbocycles. The average molecular weight is 601 g/mol. The predicted octanol–water partition coefficient (Wildman–Crippen LogP) is 4.54. The molecule has 9 nitrogen and oxygen atoms in total. The van der Waals surface area contributed by atoms with Crippen molar-refractivity contribution in [2.24, 2.45) is 0 Å². The first-order valence-corrected chi connectivity index (χ1v) is 13.7. The van der Waals surface area contributed by atoms with Crippen LogP contribution in [0.25, 0.3) is 10.8 Å². The fourth-order valence-electron chi connectivity index (χ4n) is 3.30. The first-order chi connectivity index (χ1) is 16.9. The first-order valence-electron chi connectivity index (χ1n) is 11.0. The Morgan fingerprint density at radius 3 is 2.58 bits per heavy atom. The van der Waals surface area contributed by atoms with Gasteiger partial charge >= 0.3 is 6.09 Å². The summed E-state index contributed by atoms with van der Waals surface area (Å²) in [6.07, 6.45) is 0.796. The van der Waals surface area contributed by atoms with Gasteiger partial charge in [-0.05, 0) is 73.1 Å². The number of hydrogen-bond donors (Lipinski definition) is 2. The van der Waals surface area contributed by atoms with Crippen molar-refractivity contribution in [3.63, 3.8) is 0 Å². The number of amides is 1. The predicted molar refractivity (Wildman–Crippen MR) is 142 cm³/mol. The van der Waals surface area contributed by atoms with Crippen LogP contribution >= 0.6 is 27.5 Å². The summed E-state index contributed by atoms with van der Waals surface area (Å²) in [4.78, 5) is 28.7. The molecule has 0 saturated heterocycles. The number of aromatic nitrogens is 1. The van der Waals surface area contributed by atoms with E-state index in [0.717, 1.165) is 0 Å². The lowest BCUT2D eigenvalue weighted by Crippen LogP contribution is -2.43. The summed E-state index contributed by atoms with van der Waals surface area (Å²) in [5, 5.41) is 1.12. The fraction of sp³-hybridized carbons (Fsp3) is 0.333. The van der Waals surface area contributed by atoms with Crippen molar-refractivity contribution in [3.8, 4) is 5.75 Å². The van der Waals surface area contributed by atoms with Gasteiger partial charge in [0.05, 0.1) is 15.9 Å². The van der Waals surface area contributed by atoms with E-state index in [1.165, 1.54) is 29.3 Å². The third-order valence-corrected chi connectivity index (χ3v) is 7.28. The molecule has 0 bridgehead atoms. The van der Waals surface area contributed by atoms with Gasteiger partial charge < -0.3 is 19.4 Å². The molecule has 2 N–H and O–H groups in total. The first kappa shape index (κ1) is 28.0. The highest BCUT2D eigenvalue weighted by molar-refractivity contribution is 9.10. The van der Waals surface area contributed by atoms with Gasteiger partial charge in [0.2, 0.25) is 10.0 Å². The van der Waals surface area contributed by atoms with Crippen molar-refractivity contribution in [1.29, 1.82) is 0 Å². The summed E-state index contributed by atoms with van der Waals surface area (Å²) < 4.78 is 40.4. The molecule has 1 aromatic heterocycles. The molecule has 0 atom stereocenters. The Morgan fingerprint density at radius 1 is 1.14 bits per heavy atom. The van der Waals surface area contributed by atoms with Crippen LogP contribution in [0.15, 0.2) is 62.8 Å². The van der Waals surface area contributed by atoms with Gasteiger partial charge in [-0.15, -0.1) is 0 Å². The molecule has 0 radical (unpaired) electrons. The maximum absolute atomic E-state index is 13.0. The molecular formula is C24H27BrClN3O6S. The highest BCUT2D eigenvalue weighted by atomic mass is 79.9. The van der Waals surface area contributed by atoms with E-state index in [4.69, 9.17) is 21.1 Å². The molecule has 0 aliphatic rings. The number of nitrogens with one attached hydrogen (secondary N) is 2. The number of nitrogens with zero attached hydrogens (tertiary/aromatic N) is 1. The lowest BCUT2D eigenvalue weighted by Gasteiger charge is -2.27. The van der Waals surface area contributed by atoms with Crippen molar-refractivity contribution in [2.75, 3.05) is 26.2 Å². The van der Waals surface area contributed by atoms with Crippen molar-refractivity contribution in [2.45, 2.75) is 31.3 Å². The lowest BCUT2D eigenvalue weighted by molar-refractivity contribution is 0.0230. The molecule has 194 valence electrons. The second-order valence-corrected chi connectivity index (χ2v) is 11.8. The topological polar surface area (TPSA) is 118 Å². The molecule has 0 aliphatic heterocycles. The Hall–Kier alpha value is -2.60. The molecule has 3 rings (SSSR count). The Labute approximate surface area is 222 Å². The van der Waals surface area contributed by atoms with Gasteiger partial charge in [-0.2, -0.15) is 0 Å². The lowest BCUT2D eigenvalue weighted by atomic mass is 10.2. The Balaban J connectivity index is 1.69. The Kier molecular flexibility index (Phi) is 9.04. The van der Waals surface area contributed by atoms with E-state index in [1.54, 1.807) is 45.0 Å². The summed E-state index contributed by atoms with van der Waals surface area (Å²) >= 11 is 9.33. The van der Waals surface area contributed by atoms with Crippen LogP contribution < -0.4 is 15.0 Å². The van der Waals surface area contributed by atoms with E-state index in [1.807, 2.05) is 0 Å². The van der Waals surface area contributed by atoms with Gasteiger partial charge in [0.1, 0.15) is 18.0 Å². The van der Waals surface area contributed by atoms with Crippen LogP contribution in [0.1, 0.15) is 20.8 Å². The Bertz CT molecular complexity index is 1400. The minimum atomic E-state index is -3.96. The van der Waals surface area contributed by atoms with Crippen LogP contribution in [0.3, 0.4) is 0 Å². The van der Waals surface area contributed by atoms with Gasteiger partial charge in [-0.25, -0.2) is 17.9 Å². The highest BCUT2D eigenvalue weighted by Crippen LogP contribution is 2.28. The second kappa shape index (κ2) is 11.6. The molecule has 0 unspecified atom stereocenters. The van der Waals surface area contributed by atoms with E-state index < -0.39 is 21.7 Å². The smallest absolute Gasteiger partial charge is 0.410 e. The number of fused-ring (bicyclic) bond motifs is 1. The molecule has 0 fully saturated rings. The van der Waals surface area contributed by atoms with Crippen LogP contribution in [0.2, 0.25) is 5.02 Å². The average Bonchev–Trinajstić information content (AvgIpc) is 2.78. The number of ether oxygens (including phenoxy) is 2. The number of H-pyrrole nitrogens is 1. The van der Waals surface area contributed by atoms with Gasteiger partial charge in [-0.1, -0.05) is 17.7 Å². The molecule has 12 heteroatoms. The summed E-state index contributed by atoms with van der Waals surface area (Å²) in [7, 11) is -3.96. The molecule has 1 amide bonds. The van der Waals surface area contributed by atoms with Crippen molar-refractivity contribution in [1.82, 2.24) is 14.6 Å². The Morgan fingerprint density at radius 2 is 1.89 bits per heavy atom. The molecule has 0 aliphatic carbocycles. The van der Waals surface area contributed by atoms with Crippen LogP contribution in [0.5, 0.6) is 5.75 Å². The van der Waals surface area contributed by atoms with Crippen LogP contribution in [0.4, 0.5) is 4.79 Å². The molecule has 2 aromatic carbocycles. The molecule has 36 heavy (non-hydrogen) atoms. The molecule has 1 heterocycles. The van der Waals surface area contributed by atoms with Crippen molar-refractivity contribution < 1.29 is 22.7 Å². The summed E-state index contributed by atoms with van der Waals surface area (Å²) in [6, 6.07) is 11.1. The fourth-order valence-corrected chi connectivity index (χ4v) is 5.34. The van der Waals surface area contributed by atoms with E-state index in [9.17, 15) is 18.0 Å². The van der Waals surface area contributed by atoms with Gasteiger partial charge in [0.25, 0.3) is 5.56 Å². The normalized spacial score (nSPS) is 11.9. The monoisotopic (exact) mass is 599 g/mol. The highest BCUT2D eigenvalue weighted by Gasteiger charge is 2.24. The SMILES string of the molecule is CC(C)(C)OC(=O)N(CCNS(=O)(=O)c1cccc2c(=O)[nH]ccc12)CCOc1ccc(Cl)cc1Br. The molecule has 0 spiro atoms. The zero-order chi connectivity index (χ0) is 26.5. The van der Waals surface area contributed by atoms with E-state index in [0.29, 0.717) is 20.6 Å². The number of carbonyl (C=O) groups is 1. The van der Waals surface area contributed by atoms with E-state index in [-0.39, 0.29) is 42.1 Å². The third kappa shape index (κ3) is 7.45.